The van der Waals surface area contributed by atoms with Gasteiger partial charge in [-0.05, 0) is 48.7 Å². The third-order valence-corrected chi connectivity index (χ3v) is 5.08. The van der Waals surface area contributed by atoms with Gasteiger partial charge in [0.25, 0.3) is 0 Å². The summed E-state index contributed by atoms with van der Waals surface area (Å²) >= 11 is 0. The van der Waals surface area contributed by atoms with Gasteiger partial charge in [0, 0.05) is 36.1 Å². The van der Waals surface area contributed by atoms with Gasteiger partial charge in [0.1, 0.15) is 17.1 Å². The number of hydrogen-bond donors (Lipinski definition) is 1. The first-order valence-corrected chi connectivity index (χ1v) is 9.40. The summed E-state index contributed by atoms with van der Waals surface area (Å²) in [6.45, 7) is 9.81. The molecule has 1 aliphatic heterocycles. The minimum Gasteiger partial charge on any atom is -0.507 e. The largest absolute Gasteiger partial charge is 0.507 e. The average molecular weight is 363 g/mol. The third kappa shape index (κ3) is 3.77. The number of fused-ring (bicyclic) bond motifs is 1. The SMILES string of the molecule is C=CCc1cc(CN2CCOCC2)c(O)c(-c2ccc3oc(C)cc3c2)c1. The first-order valence-electron chi connectivity index (χ1n) is 9.40. The van der Waals surface area contributed by atoms with Crippen LogP contribution >= 0.6 is 0 Å². The van der Waals surface area contributed by atoms with Crippen molar-refractivity contribution >= 4 is 11.0 Å². The number of phenols is 1. The fraction of sp³-hybridized carbons (Fsp3) is 0.304. The van der Waals surface area contributed by atoms with Crippen LogP contribution in [0, 0.1) is 6.92 Å². The highest BCUT2D eigenvalue weighted by atomic mass is 16.5. The highest BCUT2D eigenvalue weighted by Gasteiger charge is 2.17. The lowest BCUT2D eigenvalue weighted by Crippen LogP contribution is -2.35. The van der Waals surface area contributed by atoms with Gasteiger partial charge in [0.2, 0.25) is 0 Å². The van der Waals surface area contributed by atoms with Crippen LogP contribution in [0.2, 0.25) is 0 Å². The second kappa shape index (κ2) is 7.59. The number of furan rings is 1. The van der Waals surface area contributed by atoms with Gasteiger partial charge in [-0.15, -0.1) is 6.58 Å². The van der Waals surface area contributed by atoms with Crippen molar-refractivity contribution in [1.29, 1.82) is 0 Å². The van der Waals surface area contributed by atoms with Crippen LogP contribution in [-0.4, -0.2) is 36.3 Å². The number of rotatable bonds is 5. The van der Waals surface area contributed by atoms with Gasteiger partial charge in [-0.1, -0.05) is 18.2 Å². The Morgan fingerprint density at radius 1 is 1.15 bits per heavy atom. The monoisotopic (exact) mass is 363 g/mol. The van der Waals surface area contributed by atoms with Crippen molar-refractivity contribution in [2.45, 2.75) is 19.9 Å². The quantitative estimate of drug-likeness (QED) is 0.669. The number of allylic oxidation sites excluding steroid dienone is 1. The molecule has 1 saturated heterocycles. The molecule has 2 heterocycles. The number of phenolic OH excluding ortho intramolecular Hbond substituents is 1. The van der Waals surface area contributed by atoms with Crippen LogP contribution < -0.4 is 0 Å². The van der Waals surface area contributed by atoms with Crippen LogP contribution in [0.15, 0.2) is 53.5 Å². The van der Waals surface area contributed by atoms with E-state index in [0.717, 1.165) is 78.3 Å². The Hall–Kier alpha value is -2.56. The molecule has 0 radical (unpaired) electrons. The highest BCUT2D eigenvalue weighted by molar-refractivity contribution is 5.86. The summed E-state index contributed by atoms with van der Waals surface area (Å²) in [6, 6.07) is 12.2. The van der Waals surface area contributed by atoms with Crippen LogP contribution in [-0.2, 0) is 17.7 Å². The number of aryl methyl sites for hydroxylation is 1. The predicted octanol–water partition coefficient (Wildman–Crippen LogP) is 4.67. The molecular formula is C23H25NO3. The van der Waals surface area contributed by atoms with Gasteiger partial charge >= 0.3 is 0 Å². The van der Waals surface area contributed by atoms with E-state index in [1.165, 1.54) is 0 Å². The summed E-state index contributed by atoms with van der Waals surface area (Å²) < 4.78 is 11.1. The number of aromatic hydroxyl groups is 1. The van der Waals surface area contributed by atoms with E-state index in [9.17, 15) is 5.11 Å². The summed E-state index contributed by atoms with van der Waals surface area (Å²) in [5.74, 6) is 1.24. The lowest BCUT2D eigenvalue weighted by molar-refractivity contribution is 0.0339. The Labute approximate surface area is 159 Å². The molecule has 1 aromatic heterocycles. The molecule has 0 atom stereocenters. The van der Waals surface area contributed by atoms with Gasteiger partial charge in [0.05, 0.1) is 13.2 Å². The molecule has 0 unspecified atom stereocenters. The number of ether oxygens (including phenoxy) is 1. The smallest absolute Gasteiger partial charge is 0.134 e. The summed E-state index contributed by atoms with van der Waals surface area (Å²) in [5, 5.41) is 12.1. The summed E-state index contributed by atoms with van der Waals surface area (Å²) in [4.78, 5) is 2.32. The third-order valence-electron chi connectivity index (χ3n) is 5.08. The molecule has 1 aliphatic rings. The van der Waals surface area contributed by atoms with E-state index in [1.54, 1.807) is 0 Å². The van der Waals surface area contributed by atoms with Crippen molar-refractivity contribution in [1.82, 2.24) is 4.90 Å². The van der Waals surface area contributed by atoms with E-state index in [2.05, 4.69) is 29.7 Å². The molecule has 0 amide bonds. The molecule has 0 bridgehead atoms. The fourth-order valence-electron chi connectivity index (χ4n) is 3.73. The summed E-state index contributed by atoms with van der Waals surface area (Å²) in [7, 11) is 0. The zero-order valence-electron chi connectivity index (χ0n) is 15.7. The highest BCUT2D eigenvalue weighted by Crippen LogP contribution is 2.36. The zero-order chi connectivity index (χ0) is 18.8. The Kier molecular flexibility index (Phi) is 5.01. The molecule has 4 nitrogen and oxygen atoms in total. The minimum atomic E-state index is 0.355. The van der Waals surface area contributed by atoms with E-state index in [-0.39, 0.29) is 0 Å². The predicted molar refractivity (Wildman–Crippen MR) is 108 cm³/mol. The van der Waals surface area contributed by atoms with Crippen LogP contribution in [0.5, 0.6) is 5.75 Å². The van der Waals surface area contributed by atoms with E-state index >= 15 is 0 Å². The Morgan fingerprint density at radius 2 is 1.96 bits per heavy atom. The average Bonchev–Trinajstić information content (AvgIpc) is 3.04. The number of hydrogen-bond acceptors (Lipinski definition) is 4. The molecule has 0 aliphatic carbocycles. The molecule has 2 aromatic carbocycles. The lowest BCUT2D eigenvalue weighted by atomic mass is 9.96. The Balaban J connectivity index is 1.76. The summed E-state index contributed by atoms with van der Waals surface area (Å²) in [5.41, 5.74) is 4.83. The van der Waals surface area contributed by atoms with E-state index in [1.807, 2.05) is 31.2 Å². The normalized spacial score (nSPS) is 15.3. The van der Waals surface area contributed by atoms with Crippen LogP contribution in [0.25, 0.3) is 22.1 Å². The lowest BCUT2D eigenvalue weighted by Gasteiger charge is -2.27. The van der Waals surface area contributed by atoms with Crippen LogP contribution in [0.1, 0.15) is 16.9 Å². The zero-order valence-corrected chi connectivity index (χ0v) is 15.7. The van der Waals surface area contributed by atoms with Crippen molar-refractivity contribution in [3.05, 3.63) is 65.9 Å². The van der Waals surface area contributed by atoms with Crippen molar-refractivity contribution in [2.75, 3.05) is 26.3 Å². The van der Waals surface area contributed by atoms with E-state index in [0.29, 0.717) is 5.75 Å². The molecule has 3 aromatic rings. The molecule has 4 heteroatoms. The van der Waals surface area contributed by atoms with Gasteiger partial charge < -0.3 is 14.3 Å². The minimum absolute atomic E-state index is 0.355. The molecule has 0 saturated carbocycles. The topological polar surface area (TPSA) is 45.8 Å². The standard InChI is InChI=1S/C23H25NO3/c1-3-4-17-12-20(15-24-7-9-26-10-8-24)23(25)21(13-17)18-5-6-22-19(14-18)11-16(2)27-22/h3,5-6,11-14,25H,1,4,7-10,15H2,2H3. The summed E-state index contributed by atoms with van der Waals surface area (Å²) in [6.07, 6.45) is 2.67. The molecular weight excluding hydrogens is 338 g/mol. The Bertz CT molecular complexity index is 967. The number of benzene rings is 2. The number of morpholine rings is 1. The van der Waals surface area contributed by atoms with Crippen molar-refractivity contribution < 1.29 is 14.3 Å². The molecule has 4 rings (SSSR count). The van der Waals surface area contributed by atoms with Crippen molar-refractivity contribution in [2.24, 2.45) is 0 Å². The van der Waals surface area contributed by atoms with Gasteiger partial charge in [-0.3, -0.25) is 4.90 Å². The molecule has 1 N–H and O–H groups in total. The van der Waals surface area contributed by atoms with Crippen LogP contribution in [0.4, 0.5) is 0 Å². The Morgan fingerprint density at radius 3 is 2.74 bits per heavy atom. The molecule has 1 fully saturated rings. The van der Waals surface area contributed by atoms with Gasteiger partial charge in [-0.2, -0.15) is 0 Å². The van der Waals surface area contributed by atoms with Crippen molar-refractivity contribution in [3.8, 4) is 16.9 Å². The molecule has 140 valence electrons. The van der Waals surface area contributed by atoms with E-state index < -0.39 is 0 Å². The van der Waals surface area contributed by atoms with Crippen LogP contribution in [0.3, 0.4) is 0 Å². The first-order chi connectivity index (χ1) is 13.1. The van der Waals surface area contributed by atoms with E-state index in [4.69, 9.17) is 9.15 Å². The van der Waals surface area contributed by atoms with Gasteiger partial charge in [0.15, 0.2) is 0 Å². The number of nitrogens with zero attached hydrogens (tertiary/aromatic N) is 1. The van der Waals surface area contributed by atoms with Crippen molar-refractivity contribution in [3.63, 3.8) is 0 Å². The second-order valence-electron chi connectivity index (χ2n) is 7.14. The maximum absolute atomic E-state index is 11.0. The second-order valence-corrected chi connectivity index (χ2v) is 7.14. The van der Waals surface area contributed by atoms with Gasteiger partial charge in [-0.25, -0.2) is 0 Å². The molecule has 0 spiro atoms. The maximum atomic E-state index is 11.0. The maximum Gasteiger partial charge on any atom is 0.134 e. The molecule has 27 heavy (non-hydrogen) atoms. The first kappa shape index (κ1) is 17.8. The fourth-order valence-corrected chi connectivity index (χ4v) is 3.73.